The molecule has 19 heavy (non-hydrogen) atoms. The second-order valence-electron chi connectivity index (χ2n) is 5.26. The summed E-state index contributed by atoms with van der Waals surface area (Å²) in [5.74, 6) is 0.0638. The highest BCUT2D eigenvalue weighted by Gasteiger charge is 2.74. The summed E-state index contributed by atoms with van der Waals surface area (Å²) in [5, 5.41) is 22.4. The van der Waals surface area contributed by atoms with Crippen LogP contribution in [0.5, 0.6) is 0 Å². The van der Waals surface area contributed by atoms with Crippen LogP contribution in [0.4, 0.5) is 0 Å². The van der Waals surface area contributed by atoms with Crippen molar-refractivity contribution < 1.29 is 18.9 Å². The van der Waals surface area contributed by atoms with E-state index in [2.05, 4.69) is 0 Å². The molecule has 10 heteroatoms. The van der Waals surface area contributed by atoms with E-state index in [1.54, 1.807) is 6.92 Å². The second kappa shape index (κ2) is 5.00. The highest BCUT2D eigenvalue weighted by Crippen LogP contribution is 2.62. The Morgan fingerprint density at radius 1 is 1.26 bits per heavy atom. The molecule has 0 bridgehead atoms. The van der Waals surface area contributed by atoms with Gasteiger partial charge in [0, 0.05) is 29.6 Å². The number of hydrogen-bond acceptors (Lipinski definition) is 6. The molecule has 1 saturated heterocycles. The predicted molar refractivity (Wildman–Crippen MR) is 69.4 cm³/mol. The van der Waals surface area contributed by atoms with Crippen molar-refractivity contribution in [3.8, 4) is 0 Å². The van der Waals surface area contributed by atoms with Gasteiger partial charge in [0.25, 0.3) is 11.1 Å². The first-order valence-electron chi connectivity index (χ1n) is 5.62. The Kier molecular flexibility index (Phi) is 4.29. The first-order chi connectivity index (χ1) is 8.51. The zero-order valence-corrected chi connectivity index (χ0v) is 12.5. The monoisotopic (exact) mass is 314 g/mol. The van der Waals surface area contributed by atoms with Gasteiger partial charge in [-0.3, -0.25) is 24.8 Å². The summed E-state index contributed by atoms with van der Waals surface area (Å²) in [7, 11) is -3.46. The van der Waals surface area contributed by atoms with Gasteiger partial charge in [0.1, 0.15) is 12.3 Å². The van der Waals surface area contributed by atoms with Gasteiger partial charge >= 0.3 is 0 Å². The molecule has 1 aliphatic rings. The number of nitrogens with zero attached hydrogens (tertiary/aromatic N) is 2. The van der Waals surface area contributed by atoms with Crippen molar-refractivity contribution >= 4 is 19.0 Å². The van der Waals surface area contributed by atoms with E-state index < -0.39 is 46.7 Å². The molecular weight excluding hydrogens is 299 g/mol. The molecule has 0 aromatic carbocycles. The van der Waals surface area contributed by atoms with E-state index in [4.69, 9.17) is 16.1 Å². The van der Waals surface area contributed by atoms with Gasteiger partial charge in [0.05, 0.1) is 6.10 Å². The topological polar surface area (TPSA) is 113 Å². The van der Waals surface area contributed by atoms with Crippen LogP contribution >= 0.6 is 19.0 Å². The van der Waals surface area contributed by atoms with Gasteiger partial charge in [-0.2, -0.15) is 0 Å². The highest BCUT2D eigenvalue weighted by molar-refractivity contribution is 7.59. The first-order valence-corrected chi connectivity index (χ1v) is 8.15. The third-order valence-corrected chi connectivity index (χ3v) is 7.03. The van der Waals surface area contributed by atoms with Crippen LogP contribution in [0.2, 0.25) is 0 Å². The molecule has 0 spiro atoms. The van der Waals surface area contributed by atoms with Crippen molar-refractivity contribution in [1.82, 2.24) is 0 Å². The first kappa shape index (κ1) is 16.3. The standard InChI is InChI=1S/C9H16ClN2O6P/c1-7(4-10)18-19(17)5-8(2,11(13)14)9(3,6-19)12(15)16/h7H,4-6H2,1-3H3. The SMILES string of the molecule is CC(CCl)OP1(=O)CC(C)([N+](=O)[O-])C(C)([N+](=O)[O-])C1. The molecule has 110 valence electrons. The predicted octanol–water partition coefficient (Wildman–Crippen LogP) is 1.99. The Balaban J connectivity index is 3.19. The van der Waals surface area contributed by atoms with Crippen molar-refractivity contribution in [2.45, 2.75) is 38.0 Å². The van der Waals surface area contributed by atoms with Gasteiger partial charge in [-0.05, 0) is 6.92 Å². The van der Waals surface area contributed by atoms with E-state index in [9.17, 15) is 24.8 Å². The quantitative estimate of drug-likeness (QED) is 0.332. The molecule has 0 radical (unpaired) electrons. The van der Waals surface area contributed by atoms with Gasteiger partial charge in [-0.1, -0.05) is 0 Å². The molecule has 0 aromatic heterocycles. The fourth-order valence-corrected chi connectivity index (χ4v) is 6.20. The van der Waals surface area contributed by atoms with Crippen LogP contribution in [0.15, 0.2) is 0 Å². The zero-order valence-electron chi connectivity index (χ0n) is 10.9. The minimum atomic E-state index is -3.46. The molecule has 3 atom stereocenters. The molecule has 1 aliphatic heterocycles. The molecule has 0 N–H and O–H groups in total. The Bertz CT molecular complexity index is 428. The highest BCUT2D eigenvalue weighted by atomic mass is 35.5. The Labute approximate surface area is 115 Å². The van der Waals surface area contributed by atoms with E-state index in [0.29, 0.717) is 0 Å². The summed E-state index contributed by atoms with van der Waals surface area (Å²) >= 11 is 5.55. The number of rotatable bonds is 5. The maximum absolute atomic E-state index is 12.5. The third-order valence-electron chi connectivity index (χ3n) is 3.65. The molecule has 1 heterocycles. The maximum Gasteiger partial charge on any atom is 0.297 e. The van der Waals surface area contributed by atoms with E-state index in [-0.39, 0.29) is 5.88 Å². The van der Waals surface area contributed by atoms with Crippen molar-refractivity contribution in [3.05, 3.63) is 20.2 Å². The normalized spacial score (nSPS) is 40.0. The van der Waals surface area contributed by atoms with Crippen molar-refractivity contribution in [1.29, 1.82) is 0 Å². The molecule has 0 aliphatic carbocycles. The number of halogens is 1. The molecule has 0 aromatic rings. The lowest BCUT2D eigenvalue weighted by molar-refractivity contribution is -0.668. The average Bonchev–Trinajstić information content (AvgIpc) is 2.48. The Hall–Kier alpha value is -0.720. The number of nitro groups is 2. The molecular formula is C9H16ClN2O6P. The number of hydrogen-bond donors (Lipinski definition) is 0. The van der Waals surface area contributed by atoms with Crippen LogP contribution in [0.3, 0.4) is 0 Å². The molecule has 0 amide bonds. The average molecular weight is 315 g/mol. The van der Waals surface area contributed by atoms with Crippen LogP contribution in [0.25, 0.3) is 0 Å². The molecule has 1 fully saturated rings. The van der Waals surface area contributed by atoms with Gasteiger partial charge < -0.3 is 4.52 Å². The molecule has 3 unspecified atom stereocenters. The third kappa shape index (κ3) is 2.61. The van der Waals surface area contributed by atoms with Crippen molar-refractivity contribution in [2.75, 3.05) is 18.2 Å². The van der Waals surface area contributed by atoms with Gasteiger partial charge in [0.2, 0.25) is 7.37 Å². The lowest BCUT2D eigenvalue weighted by Gasteiger charge is -2.24. The lowest BCUT2D eigenvalue weighted by atomic mass is 9.84. The summed E-state index contributed by atoms with van der Waals surface area (Å²) in [6.07, 6.45) is -1.48. The van der Waals surface area contributed by atoms with E-state index in [1.165, 1.54) is 0 Å². The lowest BCUT2D eigenvalue weighted by Crippen LogP contribution is -2.59. The van der Waals surface area contributed by atoms with Crippen molar-refractivity contribution in [2.24, 2.45) is 0 Å². The second-order valence-corrected chi connectivity index (χ2v) is 8.04. The summed E-state index contributed by atoms with van der Waals surface area (Å²) in [5.41, 5.74) is -3.84. The maximum atomic E-state index is 12.5. The molecule has 0 saturated carbocycles. The summed E-state index contributed by atoms with van der Waals surface area (Å²) in [6, 6.07) is 0. The van der Waals surface area contributed by atoms with E-state index >= 15 is 0 Å². The minimum Gasteiger partial charge on any atom is -0.324 e. The number of alkyl halides is 1. The fraction of sp³-hybridized carbons (Fsp3) is 1.00. The summed E-state index contributed by atoms with van der Waals surface area (Å²) in [4.78, 5) is 20.9. The van der Waals surface area contributed by atoms with Crippen molar-refractivity contribution in [3.63, 3.8) is 0 Å². The minimum absolute atomic E-state index is 0.0638. The van der Waals surface area contributed by atoms with Crippen LogP contribution in [-0.4, -0.2) is 45.2 Å². The fourth-order valence-electron chi connectivity index (χ4n) is 2.27. The smallest absolute Gasteiger partial charge is 0.297 e. The van der Waals surface area contributed by atoms with Gasteiger partial charge in [0.15, 0.2) is 0 Å². The van der Waals surface area contributed by atoms with E-state index in [1.807, 2.05) is 0 Å². The van der Waals surface area contributed by atoms with Gasteiger partial charge in [-0.25, -0.2) is 0 Å². The van der Waals surface area contributed by atoms with Crippen LogP contribution in [0.1, 0.15) is 20.8 Å². The van der Waals surface area contributed by atoms with Crippen LogP contribution < -0.4 is 0 Å². The Morgan fingerprint density at radius 3 is 1.89 bits per heavy atom. The summed E-state index contributed by atoms with van der Waals surface area (Å²) < 4.78 is 17.8. The molecule has 1 rings (SSSR count). The largest absolute Gasteiger partial charge is 0.324 e. The zero-order chi connectivity index (χ0) is 15.1. The Morgan fingerprint density at radius 2 is 1.63 bits per heavy atom. The van der Waals surface area contributed by atoms with E-state index in [0.717, 1.165) is 13.8 Å². The van der Waals surface area contributed by atoms with Crippen LogP contribution in [0, 0.1) is 20.2 Å². The van der Waals surface area contributed by atoms with Gasteiger partial charge in [-0.15, -0.1) is 11.6 Å². The summed E-state index contributed by atoms with van der Waals surface area (Å²) in [6.45, 7) is 3.85. The molecule has 8 nitrogen and oxygen atoms in total. The van der Waals surface area contributed by atoms with Crippen LogP contribution in [-0.2, 0) is 9.09 Å².